The first-order valence-corrected chi connectivity index (χ1v) is 9.31. The van der Waals surface area contributed by atoms with Crippen LogP contribution in [-0.2, 0) is 6.54 Å². The van der Waals surface area contributed by atoms with Crippen LogP contribution in [0.5, 0.6) is 11.5 Å². The zero-order valence-electron chi connectivity index (χ0n) is 15.9. The SMILES string of the molecule is Cc1ccc(-c2cnc(-n3ccnc3)nc2NCc2ccc3c(c2)OCO3)cc1. The van der Waals surface area contributed by atoms with Crippen LogP contribution in [0.15, 0.2) is 67.4 Å². The predicted octanol–water partition coefficient (Wildman–Crippen LogP) is 3.98. The Bertz CT molecular complexity index is 1140. The van der Waals surface area contributed by atoms with Crippen LogP contribution in [0.25, 0.3) is 17.1 Å². The monoisotopic (exact) mass is 385 g/mol. The third-order valence-corrected chi connectivity index (χ3v) is 4.77. The topological polar surface area (TPSA) is 74.1 Å². The minimum Gasteiger partial charge on any atom is -0.454 e. The van der Waals surface area contributed by atoms with E-state index in [0.717, 1.165) is 34.0 Å². The fraction of sp³-hybridized carbons (Fsp3) is 0.136. The summed E-state index contributed by atoms with van der Waals surface area (Å²) in [6, 6.07) is 14.3. The molecule has 2 aromatic heterocycles. The Balaban J connectivity index is 1.48. The van der Waals surface area contributed by atoms with Gasteiger partial charge in [-0.05, 0) is 30.2 Å². The highest BCUT2D eigenvalue weighted by Crippen LogP contribution is 2.33. The van der Waals surface area contributed by atoms with Crippen LogP contribution in [0.1, 0.15) is 11.1 Å². The molecule has 0 fully saturated rings. The molecule has 1 aliphatic rings. The molecule has 0 unspecified atom stereocenters. The maximum absolute atomic E-state index is 5.48. The first-order valence-electron chi connectivity index (χ1n) is 9.31. The number of hydrogen-bond donors (Lipinski definition) is 1. The molecule has 7 heteroatoms. The molecule has 144 valence electrons. The van der Waals surface area contributed by atoms with E-state index in [1.54, 1.807) is 17.1 Å². The highest BCUT2D eigenvalue weighted by Gasteiger charge is 2.14. The minimum atomic E-state index is 0.268. The van der Waals surface area contributed by atoms with Gasteiger partial charge in [-0.2, -0.15) is 4.98 Å². The van der Waals surface area contributed by atoms with Gasteiger partial charge in [0.25, 0.3) is 0 Å². The molecule has 0 radical (unpaired) electrons. The van der Waals surface area contributed by atoms with Gasteiger partial charge in [-0.1, -0.05) is 35.9 Å². The van der Waals surface area contributed by atoms with E-state index >= 15 is 0 Å². The van der Waals surface area contributed by atoms with Crippen LogP contribution in [0.2, 0.25) is 0 Å². The Morgan fingerprint density at radius 3 is 2.76 bits per heavy atom. The van der Waals surface area contributed by atoms with Crippen molar-refractivity contribution in [3.63, 3.8) is 0 Å². The second-order valence-electron chi connectivity index (χ2n) is 6.81. The lowest BCUT2D eigenvalue weighted by Crippen LogP contribution is -2.07. The Kier molecular flexibility index (Phi) is 4.32. The molecule has 1 aliphatic heterocycles. The molecule has 3 heterocycles. The summed E-state index contributed by atoms with van der Waals surface area (Å²) < 4.78 is 12.6. The smallest absolute Gasteiger partial charge is 0.236 e. The lowest BCUT2D eigenvalue weighted by Gasteiger charge is -2.13. The molecule has 0 saturated heterocycles. The summed E-state index contributed by atoms with van der Waals surface area (Å²) in [4.78, 5) is 13.3. The summed E-state index contributed by atoms with van der Waals surface area (Å²) in [6.45, 7) is 2.93. The Morgan fingerprint density at radius 1 is 1.07 bits per heavy atom. The lowest BCUT2D eigenvalue weighted by molar-refractivity contribution is 0.174. The highest BCUT2D eigenvalue weighted by atomic mass is 16.7. The van der Waals surface area contributed by atoms with Gasteiger partial charge in [0.15, 0.2) is 11.5 Å². The Hall–Kier alpha value is -3.87. The van der Waals surface area contributed by atoms with Crippen molar-refractivity contribution in [3.05, 3.63) is 78.5 Å². The molecule has 0 amide bonds. The number of nitrogens with one attached hydrogen (secondary N) is 1. The number of anilines is 1. The standard InChI is InChI=1S/C22H19N5O2/c1-15-2-5-17(6-3-15)18-12-25-22(27-9-8-23-13-27)26-21(18)24-11-16-4-7-19-20(10-16)29-14-28-19/h2-10,12-13H,11,14H2,1H3,(H,24,25,26). The van der Waals surface area contributed by atoms with Gasteiger partial charge in [0.05, 0.1) is 0 Å². The number of rotatable bonds is 5. The van der Waals surface area contributed by atoms with Crippen LogP contribution in [0, 0.1) is 6.92 Å². The lowest BCUT2D eigenvalue weighted by atomic mass is 10.1. The van der Waals surface area contributed by atoms with Gasteiger partial charge in [0, 0.05) is 30.7 Å². The summed E-state index contributed by atoms with van der Waals surface area (Å²) in [5.41, 5.74) is 4.28. The maximum Gasteiger partial charge on any atom is 0.236 e. The number of ether oxygens (including phenoxy) is 2. The molecule has 1 N–H and O–H groups in total. The fourth-order valence-electron chi connectivity index (χ4n) is 3.19. The van der Waals surface area contributed by atoms with Crippen molar-refractivity contribution in [2.75, 3.05) is 12.1 Å². The van der Waals surface area contributed by atoms with E-state index < -0.39 is 0 Å². The zero-order valence-corrected chi connectivity index (χ0v) is 15.9. The van der Waals surface area contributed by atoms with Gasteiger partial charge >= 0.3 is 0 Å². The molecule has 0 saturated carbocycles. The van der Waals surface area contributed by atoms with Gasteiger partial charge in [-0.3, -0.25) is 4.57 Å². The van der Waals surface area contributed by atoms with E-state index in [2.05, 4.69) is 46.5 Å². The normalized spacial score (nSPS) is 12.2. The average molecular weight is 385 g/mol. The van der Waals surface area contributed by atoms with Gasteiger partial charge in [0.1, 0.15) is 12.1 Å². The third kappa shape index (κ3) is 3.50. The predicted molar refractivity (Wildman–Crippen MR) is 109 cm³/mol. The Morgan fingerprint density at radius 2 is 1.93 bits per heavy atom. The van der Waals surface area contributed by atoms with Crippen LogP contribution in [0.4, 0.5) is 5.82 Å². The van der Waals surface area contributed by atoms with E-state index in [9.17, 15) is 0 Å². The van der Waals surface area contributed by atoms with Crippen molar-refractivity contribution in [1.82, 2.24) is 19.5 Å². The van der Waals surface area contributed by atoms with E-state index in [1.807, 2.05) is 30.6 Å². The quantitative estimate of drug-likeness (QED) is 0.560. The molecular weight excluding hydrogens is 366 g/mol. The second kappa shape index (κ2) is 7.27. The first-order chi connectivity index (χ1) is 14.3. The largest absolute Gasteiger partial charge is 0.454 e. The number of imidazole rings is 1. The fourth-order valence-corrected chi connectivity index (χ4v) is 3.19. The van der Waals surface area contributed by atoms with Gasteiger partial charge in [-0.15, -0.1) is 0 Å². The van der Waals surface area contributed by atoms with Crippen LogP contribution in [-0.4, -0.2) is 26.3 Å². The van der Waals surface area contributed by atoms with E-state index in [4.69, 9.17) is 14.5 Å². The molecule has 0 spiro atoms. The zero-order chi connectivity index (χ0) is 19.6. The molecule has 7 nitrogen and oxygen atoms in total. The highest BCUT2D eigenvalue weighted by molar-refractivity contribution is 5.75. The molecule has 4 aromatic rings. The second-order valence-corrected chi connectivity index (χ2v) is 6.81. The number of fused-ring (bicyclic) bond motifs is 1. The summed E-state index contributed by atoms with van der Waals surface area (Å²) in [5, 5.41) is 3.45. The number of hydrogen-bond acceptors (Lipinski definition) is 6. The molecule has 2 aromatic carbocycles. The van der Waals surface area contributed by atoms with Gasteiger partial charge in [0.2, 0.25) is 12.7 Å². The molecule has 29 heavy (non-hydrogen) atoms. The van der Waals surface area contributed by atoms with Gasteiger partial charge < -0.3 is 14.8 Å². The van der Waals surface area contributed by atoms with Crippen molar-refractivity contribution in [3.8, 4) is 28.6 Å². The van der Waals surface area contributed by atoms with Crippen LogP contribution in [0.3, 0.4) is 0 Å². The van der Waals surface area contributed by atoms with Crippen molar-refractivity contribution >= 4 is 5.82 Å². The summed E-state index contributed by atoms with van der Waals surface area (Å²) in [6.07, 6.45) is 7.05. The molecular formula is C22H19N5O2. The van der Waals surface area contributed by atoms with E-state index in [0.29, 0.717) is 12.5 Å². The molecule has 0 aliphatic carbocycles. The van der Waals surface area contributed by atoms with Crippen molar-refractivity contribution in [2.45, 2.75) is 13.5 Å². The van der Waals surface area contributed by atoms with Crippen molar-refractivity contribution in [2.24, 2.45) is 0 Å². The summed E-state index contributed by atoms with van der Waals surface area (Å²) in [5.74, 6) is 2.86. The van der Waals surface area contributed by atoms with Crippen LogP contribution >= 0.6 is 0 Å². The number of nitrogens with zero attached hydrogens (tertiary/aromatic N) is 4. The molecule has 0 atom stereocenters. The molecule has 5 rings (SSSR count). The summed E-state index contributed by atoms with van der Waals surface area (Å²) in [7, 11) is 0. The summed E-state index contributed by atoms with van der Waals surface area (Å²) >= 11 is 0. The average Bonchev–Trinajstić information content (AvgIpc) is 3.44. The number of benzene rings is 2. The van der Waals surface area contributed by atoms with E-state index in [-0.39, 0.29) is 6.79 Å². The first kappa shape index (κ1) is 17.2. The molecule has 0 bridgehead atoms. The minimum absolute atomic E-state index is 0.268. The number of aromatic nitrogens is 4. The van der Waals surface area contributed by atoms with Crippen LogP contribution < -0.4 is 14.8 Å². The van der Waals surface area contributed by atoms with E-state index in [1.165, 1.54) is 5.56 Å². The maximum atomic E-state index is 5.48. The van der Waals surface area contributed by atoms with Crippen molar-refractivity contribution < 1.29 is 9.47 Å². The third-order valence-electron chi connectivity index (χ3n) is 4.77. The van der Waals surface area contributed by atoms with Gasteiger partial charge in [-0.25, -0.2) is 9.97 Å². The number of aryl methyl sites for hydroxylation is 1. The Labute approximate surface area is 168 Å². The van der Waals surface area contributed by atoms with Crippen molar-refractivity contribution in [1.29, 1.82) is 0 Å².